The SMILES string of the molecule is Cc1cc(Br)ccc1Nc1cc(N)nc(N)n1. The first kappa shape index (κ1) is 11.7. The van der Waals surface area contributed by atoms with Gasteiger partial charge in [0.2, 0.25) is 5.95 Å². The minimum atomic E-state index is 0.155. The molecule has 5 N–H and O–H groups in total. The van der Waals surface area contributed by atoms with Crippen molar-refractivity contribution in [3.63, 3.8) is 0 Å². The molecule has 2 rings (SSSR count). The third-order valence-electron chi connectivity index (χ3n) is 2.21. The fraction of sp³-hybridized carbons (Fsp3) is 0.0909. The van der Waals surface area contributed by atoms with E-state index in [0.717, 1.165) is 15.7 Å². The van der Waals surface area contributed by atoms with Gasteiger partial charge in [-0.15, -0.1) is 0 Å². The lowest BCUT2D eigenvalue weighted by Gasteiger charge is -2.09. The number of hydrogen-bond donors (Lipinski definition) is 3. The molecule has 0 unspecified atom stereocenters. The van der Waals surface area contributed by atoms with E-state index in [2.05, 4.69) is 31.2 Å². The lowest BCUT2D eigenvalue weighted by atomic mass is 10.2. The predicted molar refractivity (Wildman–Crippen MR) is 73.0 cm³/mol. The van der Waals surface area contributed by atoms with E-state index in [4.69, 9.17) is 11.5 Å². The fourth-order valence-corrected chi connectivity index (χ4v) is 1.93. The average molecular weight is 294 g/mol. The number of benzene rings is 1. The lowest BCUT2D eigenvalue weighted by Crippen LogP contribution is -2.03. The van der Waals surface area contributed by atoms with E-state index in [1.165, 1.54) is 0 Å². The standard InChI is InChI=1S/C11H12BrN5/c1-6-4-7(12)2-3-8(6)15-10-5-9(13)16-11(14)17-10/h2-5H,1H3,(H5,13,14,15,16,17). The van der Waals surface area contributed by atoms with E-state index >= 15 is 0 Å². The van der Waals surface area contributed by atoms with Crippen LogP contribution in [0.5, 0.6) is 0 Å². The van der Waals surface area contributed by atoms with E-state index < -0.39 is 0 Å². The van der Waals surface area contributed by atoms with Gasteiger partial charge in [0.15, 0.2) is 0 Å². The molecule has 0 saturated carbocycles. The van der Waals surface area contributed by atoms with Gasteiger partial charge in [0.1, 0.15) is 11.6 Å². The van der Waals surface area contributed by atoms with E-state index in [9.17, 15) is 0 Å². The molecule has 17 heavy (non-hydrogen) atoms. The van der Waals surface area contributed by atoms with Crippen molar-refractivity contribution in [2.45, 2.75) is 6.92 Å². The van der Waals surface area contributed by atoms with Gasteiger partial charge in [-0.3, -0.25) is 0 Å². The van der Waals surface area contributed by atoms with Crippen LogP contribution >= 0.6 is 15.9 Å². The number of halogens is 1. The van der Waals surface area contributed by atoms with Crippen LogP contribution in [0, 0.1) is 6.92 Å². The molecule has 0 amide bonds. The summed E-state index contributed by atoms with van der Waals surface area (Å²) in [4.78, 5) is 7.87. The van der Waals surface area contributed by atoms with Crippen LogP contribution in [0.2, 0.25) is 0 Å². The number of nitrogens with one attached hydrogen (secondary N) is 1. The number of aryl methyl sites for hydroxylation is 1. The van der Waals surface area contributed by atoms with Gasteiger partial charge >= 0.3 is 0 Å². The number of hydrogen-bond acceptors (Lipinski definition) is 5. The van der Waals surface area contributed by atoms with E-state index in [1.807, 2.05) is 25.1 Å². The van der Waals surface area contributed by atoms with Crippen LogP contribution < -0.4 is 16.8 Å². The smallest absolute Gasteiger partial charge is 0.223 e. The first-order valence-corrected chi connectivity index (χ1v) is 5.77. The summed E-state index contributed by atoms with van der Waals surface area (Å²) in [6, 6.07) is 7.55. The molecular weight excluding hydrogens is 282 g/mol. The van der Waals surface area contributed by atoms with Gasteiger partial charge < -0.3 is 16.8 Å². The summed E-state index contributed by atoms with van der Waals surface area (Å²) in [5, 5.41) is 3.15. The summed E-state index contributed by atoms with van der Waals surface area (Å²) in [6.07, 6.45) is 0. The Morgan fingerprint density at radius 1 is 1.18 bits per heavy atom. The Labute approximate surface area is 107 Å². The predicted octanol–water partition coefficient (Wildman–Crippen LogP) is 2.46. The maximum Gasteiger partial charge on any atom is 0.223 e. The number of aromatic nitrogens is 2. The zero-order valence-corrected chi connectivity index (χ0v) is 10.8. The second-order valence-corrected chi connectivity index (χ2v) is 4.54. The summed E-state index contributed by atoms with van der Waals surface area (Å²) in [7, 11) is 0. The highest BCUT2D eigenvalue weighted by molar-refractivity contribution is 9.10. The van der Waals surface area contributed by atoms with E-state index in [1.54, 1.807) is 6.07 Å². The van der Waals surface area contributed by atoms with Gasteiger partial charge in [0.05, 0.1) is 0 Å². The molecule has 0 fully saturated rings. The maximum atomic E-state index is 5.60. The Morgan fingerprint density at radius 3 is 2.59 bits per heavy atom. The minimum absolute atomic E-state index is 0.155. The normalized spacial score (nSPS) is 10.2. The molecule has 6 heteroatoms. The second-order valence-electron chi connectivity index (χ2n) is 3.62. The number of nitrogen functional groups attached to an aromatic ring is 2. The minimum Gasteiger partial charge on any atom is -0.383 e. The highest BCUT2D eigenvalue weighted by Gasteiger charge is 2.03. The number of nitrogens with two attached hydrogens (primary N) is 2. The Bertz CT molecular complexity index is 535. The molecule has 1 heterocycles. The van der Waals surface area contributed by atoms with E-state index in [-0.39, 0.29) is 5.95 Å². The largest absolute Gasteiger partial charge is 0.383 e. The maximum absolute atomic E-state index is 5.60. The molecular formula is C11H12BrN5. The summed E-state index contributed by atoms with van der Waals surface area (Å²) >= 11 is 3.41. The molecule has 5 nitrogen and oxygen atoms in total. The zero-order valence-electron chi connectivity index (χ0n) is 9.24. The van der Waals surface area contributed by atoms with Gasteiger partial charge in [0, 0.05) is 16.2 Å². The molecule has 0 radical (unpaired) electrons. The molecule has 0 atom stereocenters. The molecule has 1 aromatic heterocycles. The Kier molecular flexibility index (Phi) is 3.14. The highest BCUT2D eigenvalue weighted by atomic mass is 79.9. The van der Waals surface area contributed by atoms with Crippen LogP contribution in [-0.4, -0.2) is 9.97 Å². The van der Waals surface area contributed by atoms with Crippen LogP contribution in [0.3, 0.4) is 0 Å². The fourth-order valence-electron chi connectivity index (χ4n) is 1.45. The molecule has 0 saturated heterocycles. The van der Waals surface area contributed by atoms with Crippen molar-refractivity contribution in [2.24, 2.45) is 0 Å². The lowest BCUT2D eigenvalue weighted by molar-refractivity contribution is 1.19. The number of rotatable bonds is 2. The first-order chi connectivity index (χ1) is 8.04. The molecule has 2 aromatic rings. The van der Waals surface area contributed by atoms with Crippen molar-refractivity contribution in [3.05, 3.63) is 34.3 Å². The Balaban J connectivity index is 2.31. The van der Waals surface area contributed by atoms with Crippen molar-refractivity contribution < 1.29 is 0 Å². The van der Waals surface area contributed by atoms with Crippen LogP contribution in [0.4, 0.5) is 23.3 Å². The van der Waals surface area contributed by atoms with Crippen LogP contribution in [-0.2, 0) is 0 Å². The third kappa shape index (κ3) is 2.85. The van der Waals surface area contributed by atoms with Crippen LogP contribution in [0.1, 0.15) is 5.56 Å². The highest BCUT2D eigenvalue weighted by Crippen LogP contribution is 2.23. The third-order valence-corrected chi connectivity index (χ3v) is 2.71. The molecule has 0 bridgehead atoms. The van der Waals surface area contributed by atoms with Gasteiger partial charge in [0.25, 0.3) is 0 Å². The second kappa shape index (κ2) is 4.58. The van der Waals surface area contributed by atoms with Crippen LogP contribution in [0.15, 0.2) is 28.7 Å². The Morgan fingerprint density at radius 2 is 1.94 bits per heavy atom. The van der Waals surface area contributed by atoms with Crippen molar-refractivity contribution in [1.82, 2.24) is 9.97 Å². The van der Waals surface area contributed by atoms with Gasteiger partial charge in [-0.25, -0.2) is 0 Å². The summed E-state index contributed by atoms with van der Waals surface area (Å²) in [5.74, 6) is 1.08. The van der Waals surface area contributed by atoms with Gasteiger partial charge in [-0.1, -0.05) is 15.9 Å². The summed E-state index contributed by atoms with van der Waals surface area (Å²) in [6.45, 7) is 2.00. The van der Waals surface area contributed by atoms with Gasteiger partial charge in [-0.2, -0.15) is 9.97 Å². The van der Waals surface area contributed by atoms with Crippen molar-refractivity contribution >= 4 is 39.2 Å². The topological polar surface area (TPSA) is 89.8 Å². The van der Waals surface area contributed by atoms with Crippen molar-refractivity contribution in [3.8, 4) is 0 Å². The molecule has 0 aliphatic rings. The quantitative estimate of drug-likeness (QED) is 0.791. The molecule has 0 aliphatic carbocycles. The summed E-state index contributed by atoms with van der Waals surface area (Å²) in [5.41, 5.74) is 13.2. The average Bonchev–Trinajstić information content (AvgIpc) is 2.21. The van der Waals surface area contributed by atoms with E-state index in [0.29, 0.717) is 11.6 Å². The van der Waals surface area contributed by atoms with Crippen molar-refractivity contribution in [1.29, 1.82) is 0 Å². The van der Waals surface area contributed by atoms with Crippen LogP contribution in [0.25, 0.3) is 0 Å². The zero-order chi connectivity index (χ0) is 12.4. The molecule has 1 aromatic carbocycles. The number of nitrogens with zero attached hydrogens (tertiary/aromatic N) is 2. The van der Waals surface area contributed by atoms with Gasteiger partial charge in [-0.05, 0) is 30.7 Å². The first-order valence-electron chi connectivity index (χ1n) is 4.98. The summed E-state index contributed by atoms with van der Waals surface area (Å²) < 4.78 is 1.03. The number of anilines is 4. The Hall–Kier alpha value is -1.82. The molecule has 0 aliphatic heterocycles. The van der Waals surface area contributed by atoms with Crippen molar-refractivity contribution in [2.75, 3.05) is 16.8 Å². The monoisotopic (exact) mass is 293 g/mol. The molecule has 0 spiro atoms. The molecule has 88 valence electrons.